The third-order valence-electron chi connectivity index (χ3n) is 1.64. The fourth-order valence-corrected chi connectivity index (χ4v) is 1.60. The first-order chi connectivity index (χ1) is 5.79. The second kappa shape index (κ2) is 3.53. The number of nitrogens with one attached hydrogen (secondary N) is 1. The first kappa shape index (κ1) is 10.9. The maximum atomic E-state index is 10.7. The minimum absolute atomic E-state index is 0. The molecule has 1 aliphatic heterocycles. The topological polar surface area (TPSA) is 64.6 Å². The van der Waals surface area contributed by atoms with Crippen LogP contribution in [0.15, 0.2) is 0 Å². The summed E-state index contributed by atoms with van der Waals surface area (Å²) in [6.45, 7) is 4.29. The molecule has 0 aromatic rings. The minimum atomic E-state index is -3.13. The molecule has 1 heterocycles. The molecule has 0 aliphatic carbocycles. The molecular weight excluding hydrogens is 194 g/mol. The normalized spacial score (nSPS) is 27.8. The van der Waals surface area contributed by atoms with E-state index in [2.05, 4.69) is 4.72 Å². The molecule has 1 fully saturated rings. The third kappa shape index (κ3) is 4.04. The Hall–Kier alpha value is -0.170. The Balaban J connectivity index is 0.00000169. The van der Waals surface area contributed by atoms with Crippen molar-refractivity contribution in [1.29, 1.82) is 0 Å². The number of ether oxygens (including phenoxy) is 2. The van der Waals surface area contributed by atoms with Gasteiger partial charge in [0.1, 0.15) is 0 Å². The number of hydrogen-bond donors (Lipinski definition) is 1. The molecule has 0 bridgehead atoms. The molecule has 1 unspecified atom stereocenters. The van der Waals surface area contributed by atoms with Crippen molar-refractivity contribution in [1.82, 2.24) is 4.72 Å². The van der Waals surface area contributed by atoms with E-state index < -0.39 is 15.8 Å². The molecule has 13 heavy (non-hydrogen) atoms. The van der Waals surface area contributed by atoms with E-state index in [9.17, 15) is 8.42 Å². The molecule has 0 aromatic carbocycles. The zero-order valence-electron chi connectivity index (χ0n) is 8.03. The van der Waals surface area contributed by atoms with E-state index in [0.717, 1.165) is 6.26 Å². The van der Waals surface area contributed by atoms with E-state index in [1.165, 1.54) is 0 Å². The van der Waals surface area contributed by atoms with Crippen LogP contribution < -0.4 is 4.72 Å². The van der Waals surface area contributed by atoms with Crippen LogP contribution in [-0.4, -0.2) is 39.7 Å². The summed E-state index contributed by atoms with van der Waals surface area (Å²) < 4.78 is 34.5. The Bertz CT molecular complexity index is 277. The predicted octanol–water partition coefficient (Wildman–Crippen LogP) is -0.0669. The Kier molecular flexibility index (Phi) is 2.96. The zero-order chi connectivity index (χ0) is 10.1. The minimum Gasteiger partial charge on any atom is -0.348 e. The van der Waals surface area contributed by atoms with Gasteiger partial charge in [0.25, 0.3) is 0 Å². The van der Waals surface area contributed by atoms with Crippen molar-refractivity contribution in [2.75, 3.05) is 19.4 Å². The van der Waals surface area contributed by atoms with Crippen LogP contribution in [0.5, 0.6) is 0 Å². The second-order valence-corrected chi connectivity index (χ2v) is 5.40. The fourth-order valence-electron chi connectivity index (χ4n) is 1.11. The summed E-state index contributed by atoms with van der Waals surface area (Å²) in [5.41, 5.74) is 0. The summed E-state index contributed by atoms with van der Waals surface area (Å²) in [5, 5.41) is 0. The Morgan fingerprint density at radius 1 is 1.62 bits per heavy atom. The van der Waals surface area contributed by atoms with Gasteiger partial charge in [-0.2, -0.15) is 0 Å². The van der Waals surface area contributed by atoms with Crippen LogP contribution in [0.1, 0.15) is 15.3 Å². The highest BCUT2D eigenvalue weighted by molar-refractivity contribution is 7.88. The first-order valence-corrected chi connectivity index (χ1v) is 5.94. The van der Waals surface area contributed by atoms with Crippen LogP contribution in [0.2, 0.25) is 0 Å². The fraction of sp³-hybridized carbons (Fsp3) is 1.00. The lowest BCUT2D eigenvalue weighted by Gasteiger charge is -2.16. The van der Waals surface area contributed by atoms with E-state index in [1.54, 1.807) is 13.8 Å². The summed E-state index contributed by atoms with van der Waals surface area (Å²) in [6, 6.07) is 0. The average Bonchev–Trinajstić information content (AvgIpc) is 2.24. The monoisotopic (exact) mass is 211 g/mol. The summed E-state index contributed by atoms with van der Waals surface area (Å²) in [5.74, 6) is -0.593. The molecule has 1 N–H and O–H groups in total. The maximum absolute atomic E-state index is 10.7. The van der Waals surface area contributed by atoms with Crippen molar-refractivity contribution in [3.8, 4) is 0 Å². The molecule has 80 valence electrons. The molecule has 0 aromatic heterocycles. The molecule has 0 amide bonds. The smallest absolute Gasteiger partial charge is 0.208 e. The van der Waals surface area contributed by atoms with E-state index in [-0.39, 0.29) is 14.1 Å². The van der Waals surface area contributed by atoms with Crippen LogP contribution in [0, 0.1) is 0 Å². The third-order valence-corrected chi connectivity index (χ3v) is 2.33. The average molecular weight is 211 g/mol. The lowest BCUT2D eigenvalue weighted by molar-refractivity contribution is -0.137. The van der Waals surface area contributed by atoms with Gasteiger partial charge >= 0.3 is 0 Å². The second-order valence-electron chi connectivity index (χ2n) is 3.57. The van der Waals surface area contributed by atoms with E-state index in [0.29, 0.717) is 6.61 Å². The van der Waals surface area contributed by atoms with Gasteiger partial charge in [-0.1, -0.05) is 0 Å². The van der Waals surface area contributed by atoms with Crippen molar-refractivity contribution < 1.29 is 19.3 Å². The van der Waals surface area contributed by atoms with Gasteiger partial charge in [-0.15, -0.1) is 0 Å². The molecule has 0 radical (unpaired) electrons. The largest absolute Gasteiger partial charge is 0.348 e. The molecule has 0 saturated carbocycles. The summed E-state index contributed by atoms with van der Waals surface area (Å²) >= 11 is 0. The van der Waals surface area contributed by atoms with Crippen LogP contribution in [0.4, 0.5) is 0 Å². The van der Waals surface area contributed by atoms with Gasteiger partial charge in [0, 0.05) is 7.97 Å². The van der Waals surface area contributed by atoms with Gasteiger partial charge in [-0.05, 0) is 13.8 Å². The van der Waals surface area contributed by atoms with Gasteiger partial charge in [0.05, 0.1) is 19.0 Å². The van der Waals surface area contributed by atoms with Crippen LogP contribution in [-0.2, 0) is 19.5 Å². The molecule has 0 spiro atoms. The van der Waals surface area contributed by atoms with Crippen LogP contribution in [0.3, 0.4) is 0 Å². The van der Waals surface area contributed by atoms with Crippen molar-refractivity contribution in [2.24, 2.45) is 0 Å². The van der Waals surface area contributed by atoms with Crippen molar-refractivity contribution in [2.45, 2.75) is 25.7 Å². The Labute approximate surface area is 79.9 Å². The predicted molar refractivity (Wildman–Crippen MR) is 49.9 cm³/mol. The van der Waals surface area contributed by atoms with Crippen molar-refractivity contribution in [3.05, 3.63) is 0 Å². The summed E-state index contributed by atoms with van der Waals surface area (Å²) in [7, 11) is -3.13. The van der Waals surface area contributed by atoms with Crippen LogP contribution in [0.25, 0.3) is 0 Å². The molecule has 1 aliphatic rings. The SMILES string of the molecule is CC1(C)OCC(CNS(C)(=O)=O)O1.[HH]. The maximum Gasteiger partial charge on any atom is 0.208 e. The van der Waals surface area contributed by atoms with Gasteiger partial charge < -0.3 is 9.47 Å². The molecule has 1 rings (SSSR count). The number of sulfonamides is 1. The molecule has 6 heteroatoms. The first-order valence-electron chi connectivity index (χ1n) is 4.05. The molecule has 1 atom stereocenters. The highest BCUT2D eigenvalue weighted by Crippen LogP contribution is 2.21. The quantitative estimate of drug-likeness (QED) is 0.710. The zero-order valence-corrected chi connectivity index (χ0v) is 8.85. The van der Waals surface area contributed by atoms with Crippen molar-refractivity contribution >= 4 is 10.0 Å². The van der Waals surface area contributed by atoms with Gasteiger partial charge in [-0.25, -0.2) is 13.1 Å². The highest BCUT2D eigenvalue weighted by Gasteiger charge is 2.32. The van der Waals surface area contributed by atoms with Gasteiger partial charge in [-0.3, -0.25) is 0 Å². The Morgan fingerprint density at radius 3 is 2.62 bits per heavy atom. The van der Waals surface area contributed by atoms with Gasteiger partial charge in [0.2, 0.25) is 10.0 Å². The number of rotatable bonds is 3. The van der Waals surface area contributed by atoms with Gasteiger partial charge in [0.15, 0.2) is 5.79 Å². The molecule has 5 nitrogen and oxygen atoms in total. The Morgan fingerprint density at radius 2 is 2.23 bits per heavy atom. The highest BCUT2D eigenvalue weighted by atomic mass is 32.2. The van der Waals surface area contributed by atoms with E-state index >= 15 is 0 Å². The number of hydrogen-bond acceptors (Lipinski definition) is 4. The lowest BCUT2D eigenvalue weighted by Crippen LogP contribution is -2.33. The lowest BCUT2D eigenvalue weighted by atomic mass is 10.4. The standard InChI is InChI=1S/C7H15NO4S.H2/c1-7(2)11-5-6(12-7)4-8-13(3,9)10;/h6,8H,4-5H2,1-3H3;1H. The van der Waals surface area contributed by atoms with E-state index in [1.807, 2.05) is 0 Å². The molecular formula is C7H17NO4S. The molecule has 1 saturated heterocycles. The van der Waals surface area contributed by atoms with Crippen molar-refractivity contribution in [3.63, 3.8) is 0 Å². The summed E-state index contributed by atoms with van der Waals surface area (Å²) in [4.78, 5) is 0. The van der Waals surface area contributed by atoms with Crippen LogP contribution >= 0.6 is 0 Å². The van der Waals surface area contributed by atoms with E-state index in [4.69, 9.17) is 9.47 Å². The summed E-state index contributed by atoms with van der Waals surface area (Å²) in [6.07, 6.45) is 0.929.